The molecule has 0 bridgehead atoms. The zero-order valence-electron chi connectivity index (χ0n) is 14.8. The van der Waals surface area contributed by atoms with E-state index in [-0.39, 0.29) is 23.9 Å². The molecule has 1 saturated heterocycles. The van der Waals surface area contributed by atoms with Crippen molar-refractivity contribution in [3.8, 4) is 0 Å². The molecular weight excluding hydrogens is 337 g/mol. The topological polar surface area (TPSA) is 83.4 Å². The average Bonchev–Trinajstić information content (AvgIpc) is 3.13. The third-order valence-corrected chi connectivity index (χ3v) is 5.96. The summed E-state index contributed by atoms with van der Waals surface area (Å²) in [6.07, 6.45) is 2.25. The van der Waals surface area contributed by atoms with Gasteiger partial charge < -0.3 is 10.0 Å². The van der Waals surface area contributed by atoms with E-state index in [1.165, 1.54) is 12.1 Å². The van der Waals surface area contributed by atoms with E-state index in [0.717, 1.165) is 12.8 Å². The number of carboxylic acid groups (broad SMARTS) is 1. The Morgan fingerprint density at radius 2 is 2.00 bits per heavy atom. The second-order valence-electron chi connectivity index (χ2n) is 7.45. The Bertz CT molecular complexity index is 945. The number of aryl methyl sites for hydroxylation is 2. The molecule has 0 radical (unpaired) electrons. The lowest BCUT2D eigenvalue weighted by Gasteiger charge is -2.23. The lowest BCUT2D eigenvalue weighted by molar-refractivity contribution is -0.149. The molecule has 2 aliphatic rings. The van der Waals surface area contributed by atoms with Crippen LogP contribution < -0.4 is 0 Å². The quantitative estimate of drug-likeness (QED) is 0.893. The molecule has 6 nitrogen and oxygen atoms in total. The highest BCUT2D eigenvalue weighted by molar-refractivity contribution is 6.05. The number of nitrogens with zero attached hydrogens (tertiary/aromatic N) is 3. The van der Waals surface area contributed by atoms with Gasteiger partial charge in [-0.05, 0) is 38.7 Å². The zero-order chi connectivity index (χ0) is 18.6. The summed E-state index contributed by atoms with van der Waals surface area (Å²) in [5, 5.41) is 9.71. The van der Waals surface area contributed by atoms with Crippen LogP contribution in [0.3, 0.4) is 0 Å². The number of hydrogen-bond donors (Lipinski definition) is 1. The fraction of sp³-hybridized carbons (Fsp3) is 0.474. The molecule has 7 heteroatoms. The zero-order valence-corrected chi connectivity index (χ0v) is 14.8. The van der Waals surface area contributed by atoms with Crippen LogP contribution in [0.5, 0.6) is 0 Å². The Kier molecular flexibility index (Phi) is 3.71. The first kappa shape index (κ1) is 16.9. The van der Waals surface area contributed by atoms with Crippen molar-refractivity contribution in [1.29, 1.82) is 0 Å². The smallest absolute Gasteiger partial charge is 0.311 e. The Morgan fingerprint density at radius 3 is 2.69 bits per heavy atom. The van der Waals surface area contributed by atoms with Crippen molar-refractivity contribution < 1.29 is 19.1 Å². The van der Waals surface area contributed by atoms with Crippen molar-refractivity contribution >= 4 is 22.9 Å². The number of aromatic nitrogens is 2. The number of halogens is 1. The number of rotatable bonds is 2. The largest absolute Gasteiger partial charge is 0.481 e. The number of likely N-dealkylation sites (tertiary alicyclic amines) is 1. The molecule has 1 N–H and O–H groups in total. The molecule has 2 atom stereocenters. The van der Waals surface area contributed by atoms with Crippen molar-refractivity contribution in [3.63, 3.8) is 0 Å². The van der Waals surface area contributed by atoms with Gasteiger partial charge in [-0.15, -0.1) is 0 Å². The van der Waals surface area contributed by atoms with Crippen LogP contribution in [0.1, 0.15) is 41.0 Å². The number of aliphatic carboxylic acids is 1. The maximum Gasteiger partial charge on any atom is 0.311 e. The van der Waals surface area contributed by atoms with Crippen LogP contribution in [0.4, 0.5) is 4.39 Å². The third-order valence-electron chi connectivity index (χ3n) is 5.96. The van der Waals surface area contributed by atoms with E-state index in [2.05, 4.69) is 9.97 Å². The average molecular weight is 357 g/mol. The monoisotopic (exact) mass is 357 g/mol. The minimum absolute atomic E-state index is 0.0427. The van der Waals surface area contributed by atoms with E-state index < -0.39 is 17.2 Å². The van der Waals surface area contributed by atoms with Gasteiger partial charge >= 0.3 is 5.97 Å². The van der Waals surface area contributed by atoms with Crippen molar-refractivity contribution in [2.24, 2.45) is 11.3 Å². The van der Waals surface area contributed by atoms with Gasteiger partial charge in [-0.3, -0.25) is 9.59 Å². The SMILES string of the molecule is Cc1nc2cc(F)cc(C(=O)N3C[C@@H]4CCC[C@@]4(C(=O)O)C3)c2nc1C. The van der Waals surface area contributed by atoms with Crippen LogP contribution in [0.2, 0.25) is 0 Å². The Labute approximate surface area is 150 Å². The Hall–Kier alpha value is -2.57. The van der Waals surface area contributed by atoms with Gasteiger partial charge in [-0.2, -0.15) is 0 Å². The second-order valence-corrected chi connectivity index (χ2v) is 7.45. The molecule has 2 fully saturated rings. The van der Waals surface area contributed by atoms with Crippen molar-refractivity contribution in [2.45, 2.75) is 33.1 Å². The van der Waals surface area contributed by atoms with E-state index in [0.29, 0.717) is 35.4 Å². The highest BCUT2D eigenvalue weighted by Crippen LogP contribution is 2.49. The van der Waals surface area contributed by atoms with Crippen LogP contribution in [0, 0.1) is 31.0 Å². The maximum atomic E-state index is 14.1. The summed E-state index contributed by atoms with van der Waals surface area (Å²) in [6, 6.07) is 2.44. The number of fused-ring (bicyclic) bond motifs is 2. The summed E-state index contributed by atoms with van der Waals surface area (Å²) in [7, 11) is 0. The summed E-state index contributed by atoms with van der Waals surface area (Å²) >= 11 is 0. The van der Waals surface area contributed by atoms with Crippen molar-refractivity contribution in [3.05, 3.63) is 34.9 Å². The number of amides is 1. The number of carbonyl (C=O) groups is 2. The summed E-state index contributed by atoms with van der Waals surface area (Å²) in [6.45, 7) is 4.13. The van der Waals surface area contributed by atoms with Gasteiger partial charge in [-0.1, -0.05) is 6.42 Å². The highest BCUT2D eigenvalue weighted by atomic mass is 19.1. The number of carbonyl (C=O) groups excluding carboxylic acids is 1. The molecule has 1 saturated carbocycles. The molecule has 0 spiro atoms. The Balaban J connectivity index is 1.76. The Morgan fingerprint density at radius 1 is 1.27 bits per heavy atom. The minimum atomic E-state index is -0.864. The first-order chi connectivity index (χ1) is 12.3. The normalized spacial score (nSPS) is 24.9. The van der Waals surface area contributed by atoms with E-state index in [4.69, 9.17) is 0 Å². The molecule has 1 aliphatic carbocycles. The van der Waals surface area contributed by atoms with E-state index in [1.807, 2.05) is 0 Å². The second kappa shape index (κ2) is 5.72. The van der Waals surface area contributed by atoms with Gasteiger partial charge in [0.2, 0.25) is 0 Å². The lowest BCUT2D eigenvalue weighted by atomic mass is 9.81. The van der Waals surface area contributed by atoms with Crippen LogP contribution in [0.15, 0.2) is 12.1 Å². The van der Waals surface area contributed by atoms with Gasteiger partial charge in [-0.25, -0.2) is 14.4 Å². The number of carboxylic acids is 1. The van der Waals surface area contributed by atoms with Crippen LogP contribution in [0.25, 0.3) is 11.0 Å². The van der Waals surface area contributed by atoms with E-state index in [1.54, 1.807) is 18.7 Å². The molecular formula is C19H20FN3O3. The van der Waals surface area contributed by atoms with Crippen molar-refractivity contribution in [2.75, 3.05) is 13.1 Å². The van der Waals surface area contributed by atoms with E-state index >= 15 is 0 Å². The molecule has 1 aromatic heterocycles. The lowest BCUT2D eigenvalue weighted by Crippen LogP contribution is -2.37. The molecule has 1 amide bonds. The fourth-order valence-corrected chi connectivity index (χ4v) is 4.42. The third kappa shape index (κ3) is 2.37. The molecule has 4 rings (SSSR count). The molecule has 2 heterocycles. The maximum absolute atomic E-state index is 14.1. The molecule has 1 aromatic carbocycles. The molecule has 26 heavy (non-hydrogen) atoms. The van der Waals surface area contributed by atoms with Crippen molar-refractivity contribution in [1.82, 2.24) is 14.9 Å². The standard InChI is InChI=1S/C19H20FN3O3/c1-10-11(2)22-16-14(6-13(20)7-15(16)21-10)17(24)23-8-12-4-3-5-19(12,9-23)18(25)26/h6-7,12H,3-5,8-9H2,1-2H3,(H,25,26)/t12-,19+/m0/s1. The first-order valence-corrected chi connectivity index (χ1v) is 8.79. The van der Waals surface area contributed by atoms with Gasteiger partial charge in [0.05, 0.1) is 27.9 Å². The molecule has 2 aromatic rings. The number of hydrogen-bond acceptors (Lipinski definition) is 4. The van der Waals surface area contributed by atoms with Crippen LogP contribution in [-0.2, 0) is 4.79 Å². The highest BCUT2D eigenvalue weighted by Gasteiger charge is 2.55. The fourth-order valence-electron chi connectivity index (χ4n) is 4.42. The first-order valence-electron chi connectivity index (χ1n) is 8.79. The van der Waals surface area contributed by atoms with E-state index in [9.17, 15) is 19.1 Å². The van der Waals surface area contributed by atoms with Gasteiger partial charge in [0.1, 0.15) is 11.3 Å². The molecule has 1 aliphatic heterocycles. The summed E-state index contributed by atoms with van der Waals surface area (Å²) in [4.78, 5) is 35.3. The molecule has 136 valence electrons. The predicted molar refractivity (Wildman–Crippen MR) is 92.3 cm³/mol. The van der Waals surface area contributed by atoms with Gasteiger partial charge in [0.25, 0.3) is 5.91 Å². The predicted octanol–water partition coefficient (Wildman–Crippen LogP) is 2.71. The van der Waals surface area contributed by atoms with Gasteiger partial charge in [0, 0.05) is 19.2 Å². The van der Waals surface area contributed by atoms with Crippen LogP contribution in [-0.4, -0.2) is 44.9 Å². The van der Waals surface area contributed by atoms with Gasteiger partial charge in [0.15, 0.2) is 0 Å². The summed E-state index contributed by atoms with van der Waals surface area (Å²) in [5.41, 5.74) is 1.35. The molecule has 0 unspecified atom stereocenters. The summed E-state index contributed by atoms with van der Waals surface area (Å²) in [5.74, 6) is -1.81. The minimum Gasteiger partial charge on any atom is -0.481 e. The summed E-state index contributed by atoms with van der Waals surface area (Å²) < 4.78 is 14.1. The number of benzene rings is 1. The van der Waals surface area contributed by atoms with Crippen LogP contribution >= 0.6 is 0 Å².